The molecule has 1 unspecified atom stereocenters. The molecule has 0 aromatic heterocycles. The van der Waals surface area contributed by atoms with Gasteiger partial charge in [0.25, 0.3) is 0 Å². The van der Waals surface area contributed by atoms with Gasteiger partial charge in [-0.1, -0.05) is 11.6 Å². The summed E-state index contributed by atoms with van der Waals surface area (Å²) in [6, 6.07) is 6.37. The third kappa shape index (κ3) is 4.11. The summed E-state index contributed by atoms with van der Waals surface area (Å²) >= 11 is 5.67. The summed E-state index contributed by atoms with van der Waals surface area (Å²) in [5.74, 6) is -1.15. The van der Waals surface area contributed by atoms with Crippen molar-refractivity contribution in [3.63, 3.8) is 0 Å². The van der Waals surface area contributed by atoms with Gasteiger partial charge in [-0.25, -0.2) is 18.4 Å². The fourth-order valence-corrected chi connectivity index (χ4v) is 2.96. The maximum Gasteiger partial charge on any atom is 0.408 e. The molecule has 142 valence electrons. The molecule has 1 aliphatic rings. The smallest absolute Gasteiger partial charge is 0.408 e. The Kier molecular flexibility index (Phi) is 4.93. The lowest BCUT2D eigenvalue weighted by molar-refractivity contribution is 0.0677. The summed E-state index contributed by atoms with van der Waals surface area (Å²) in [7, 11) is 0. The zero-order valence-corrected chi connectivity index (χ0v) is 15.2. The number of anilines is 2. The summed E-state index contributed by atoms with van der Waals surface area (Å²) in [6.07, 6.45) is -0.645. The van der Waals surface area contributed by atoms with Crippen molar-refractivity contribution in [3.05, 3.63) is 58.6 Å². The molecule has 0 radical (unpaired) electrons. The van der Waals surface area contributed by atoms with Crippen LogP contribution in [0.5, 0.6) is 0 Å². The minimum absolute atomic E-state index is 0.129. The van der Waals surface area contributed by atoms with E-state index in [1.807, 2.05) is 0 Å². The summed E-state index contributed by atoms with van der Waals surface area (Å²) in [5.41, 5.74) is -0.190. The Bertz CT molecular complexity index is 921. The highest BCUT2D eigenvalue weighted by Gasteiger charge is 2.43. The van der Waals surface area contributed by atoms with E-state index in [2.05, 4.69) is 16.0 Å². The molecule has 2 aromatic rings. The fourth-order valence-electron chi connectivity index (χ4n) is 2.78. The van der Waals surface area contributed by atoms with Crippen molar-refractivity contribution in [3.8, 4) is 0 Å². The van der Waals surface area contributed by atoms with Crippen LogP contribution in [0.3, 0.4) is 0 Å². The Balaban J connectivity index is 1.77. The molecular weight excluding hydrogens is 380 g/mol. The number of hydrogen-bond acceptors (Lipinski definition) is 3. The molecule has 0 bridgehead atoms. The van der Waals surface area contributed by atoms with Crippen molar-refractivity contribution in [1.82, 2.24) is 5.32 Å². The molecule has 6 nitrogen and oxygen atoms in total. The van der Waals surface area contributed by atoms with E-state index < -0.39 is 35.4 Å². The normalized spacial score (nSPS) is 17.8. The number of ether oxygens (including phenoxy) is 1. The molecule has 27 heavy (non-hydrogen) atoms. The molecule has 1 saturated heterocycles. The molecule has 1 atom stereocenters. The Morgan fingerprint density at radius 1 is 1.11 bits per heavy atom. The predicted octanol–water partition coefficient (Wildman–Crippen LogP) is 4.82. The van der Waals surface area contributed by atoms with E-state index in [-0.39, 0.29) is 10.6 Å². The molecule has 0 spiro atoms. The van der Waals surface area contributed by atoms with E-state index in [1.54, 1.807) is 13.8 Å². The number of amides is 3. The van der Waals surface area contributed by atoms with Crippen LogP contribution in [0.15, 0.2) is 36.4 Å². The molecule has 3 rings (SSSR count). The van der Waals surface area contributed by atoms with E-state index in [0.29, 0.717) is 11.4 Å². The first-order chi connectivity index (χ1) is 12.7. The average Bonchev–Trinajstić information content (AvgIpc) is 2.85. The van der Waals surface area contributed by atoms with Crippen molar-refractivity contribution >= 4 is 35.1 Å². The van der Waals surface area contributed by atoms with Gasteiger partial charge >= 0.3 is 12.1 Å². The minimum atomic E-state index is -0.955. The second kappa shape index (κ2) is 7.03. The topological polar surface area (TPSA) is 79.5 Å². The summed E-state index contributed by atoms with van der Waals surface area (Å²) in [5, 5.41) is 7.47. The van der Waals surface area contributed by atoms with Gasteiger partial charge in [0.05, 0.1) is 11.1 Å². The molecule has 0 saturated carbocycles. The van der Waals surface area contributed by atoms with Crippen molar-refractivity contribution < 1.29 is 23.1 Å². The molecule has 1 aliphatic heterocycles. The van der Waals surface area contributed by atoms with Crippen LogP contribution in [0.4, 0.5) is 29.7 Å². The zero-order valence-electron chi connectivity index (χ0n) is 14.4. The van der Waals surface area contributed by atoms with E-state index in [1.165, 1.54) is 30.3 Å². The standard InChI is InChI=1S/C18H16ClF2N3O3/c1-18(2)15(24-17(26)27-18)11-7-9(3-5-13(11)20)22-16(25)23-10-4-6-14(21)12(19)8-10/h3-8,15H,1-2H3,(H,24,26)(H2,22,23,25). The SMILES string of the molecule is CC1(C)OC(=O)NC1c1cc(NC(=O)Nc2ccc(F)c(Cl)c2)ccc1F. The van der Waals surface area contributed by atoms with Gasteiger partial charge in [0.2, 0.25) is 0 Å². The number of cyclic esters (lactones) is 1. The number of nitrogens with one attached hydrogen (secondary N) is 3. The molecule has 9 heteroatoms. The molecule has 1 fully saturated rings. The molecule has 1 heterocycles. The van der Waals surface area contributed by atoms with Crippen LogP contribution < -0.4 is 16.0 Å². The Hall–Kier alpha value is -2.87. The molecule has 0 aliphatic carbocycles. The van der Waals surface area contributed by atoms with Crippen LogP contribution in [-0.4, -0.2) is 17.7 Å². The maximum atomic E-state index is 14.3. The van der Waals surface area contributed by atoms with Crippen LogP contribution in [-0.2, 0) is 4.74 Å². The summed E-state index contributed by atoms with van der Waals surface area (Å²) in [6.45, 7) is 3.31. The number of carbonyl (C=O) groups excluding carboxylic acids is 2. The first kappa shape index (κ1) is 18.9. The second-order valence-electron chi connectivity index (χ2n) is 6.51. The third-order valence-corrected chi connectivity index (χ3v) is 4.35. The van der Waals surface area contributed by atoms with Gasteiger partial charge in [-0.15, -0.1) is 0 Å². The van der Waals surface area contributed by atoms with Crippen LogP contribution in [0, 0.1) is 11.6 Å². The largest absolute Gasteiger partial charge is 0.441 e. The summed E-state index contributed by atoms with van der Waals surface area (Å²) in [4.78, 5) is 23.6. The van der Waals surface area contributed by atoms with Gasteiger partial charge in [0.1, 0.15) is 17.2 Å². The number of halogens is 3. The van der Waals surface area contributed by atoms with E-state index in [4.69, 9.17) is 16.3 Å². The highest BCUT2D eigenvalue weighted by molar-refractivity contribution is 6.31. The monoisotopic (exact) mass is 395 g/mol. The van der Waals surface area contributed by atoms with Gasteiger partial charge in [-0.2, -0.15) is 0 Å². The number of benzene rings is 2. The van der Waals surface area contributed by atoms with Gasteiger partial charge < -0.3 is 20.7 Å². The Labute approximate surface area is 158 Å². The van der Waals surface area contributed by atoms with Crippen molar-refractivity contribution in [2.75, 3.05) is 10.6 Å². The average molecular weight is 396 g/mol. The molecule has 3 N–H and O–H groups in total. The molecule has 3 amide bonds. The maximum absolute atomic E-state index is 14.3. The lowest BCUT2D eigenvalue weighted by atomic mass is 9.92. The summed E-state index contributed by atoms with van der Waals surface area (Å²) < 4.78 is 32.6. The first-order valence-electron chi connectivity index (χ1n) is 7.98. The predicted molar refractivity (Wildman–Crippen MR) is 96.9 cm³/mol. The van der Waals surface area contributed by atoms with Crippen molar-refractivity contribution in [2.24, 2.45) is 0 Å². The number of carbonyl (C=O) groups is 2. The van der Waals surface area contributed by atoms with E-state index in [0.717, 1.165) is 6.07 Å². The second-order valence-corrected chi connectivity index (χ2v) is 6.92. The van der Waals surface area contributed by atoms with Crippen LogP contribution >= 0.6 is 11.6 Å². The van der Waals surface area contributed by atoms with Gasteiger partial charge in [0.15, 0.2) is 0 Å². The number of urea groups is 1. The quantitative estimate of drug-likeness (QED) is 0.697. The van der Waals surface area contributed by atoms with Gasteiger partial charge in [-0.3, -0.25) is 0 Å². The zero-order chi connectivity index (χ0) is 19.8. The minimum Gasteiger partial charge on any atom is -0.441 e. The van der Waals surface area contributed by atoms with Gasteiger partial charge in [-0.05, 0) is 50.2 Å². The number of hydrogen-bond donors (Lipinski definition) is 3. The Morgan fingerprint density at radius 2 is 1.70 bits per heavy atom. The van der Waals surface area contributed by atoms with Crippen LogP contribution in [0.1, 0.15) is 25.5 Å². The molecule has 2 aromatic carbocycles. The van der Waals surface area contributed by atoms with Crippen LogP contribution in [0.25, 0.3) is 0 Å². The highest BCUT2D eigenvalue weighted by Crippen LogP contribution is 2.36. The lowest BCUT2D eigenvalue weighted by Gasteiger charge is -2.24. The van der Waals surface area contributed by atoms with Crippen molar-refractivity contribution in [2.45, 2.75) is 25.5 Å². The lowest BCUT2D eigenvalue weighted by Crippen LogP contribution is -2.31. The van der Waals surface area contributed by atoms with E-state index >= 15 is 0 Å². The van der Waals surface area contributed by atoms with Crippen molar-refractivity contribution in [1.29, 1.82) is 0 Å². The number of alkyl carbamates (subject to hydrolysis) is 1. The first-order valence-corrected chi connectivity index (χ1v) is 8.35. The number of rotatable bonds is 3. The van der Waals surface area contributed by atoms with Gasteiger partial charge in [0, 0.05) is 16.9 Å². The molecular formula is C18H16ClF2N3O3. The fraction of sp³-hybridized carbons (Fsp3) is 0.222. The Morgan fingerprint density at radius 3 is 2.26 bits per heavy atom. The third-order valence-electron chi connectivity index (χ3n) is 4.06. The van der Waals surface area contributed by atoms with E-state index in [9.17, 15) is 18.4 Å². The highest BCUT2D eigenvalue weighted by atomic mass is 35.5. The van der Waals surface area contributed by atoms with Crippen LogP contribution in [0.2, 0.25) is 5.02 Å².